The van der Waals surface area contributed by atoms with Gasteiger partial charge in [-0.1, -0.05) is 30.3 Å². The van der Waals surface area contributed by atoms with Crippen molar-refractivity contribution in [3.05, 3.63) is 58.9 Å². The summed E-state index contributed by atoms with van der Waals surface area (Å²) in [7, 11) is -3.19. The molecule has 0 radical (unpaired) electrons. The second-order valence-electron chi connectivity index (χ2n) is 5.65. The molecular weight excluding hydrogens is 296 g/mol. The van der Waals surface area contributed by atoms with E-state index in [4.69, 9.17) is 0 Å². The van der Waals surface area contributed by atoms with Crippen LogP contribution in [0.1, 0.15) is 28.9 Å². The number of rotatable bonds is 8. The molecule has 0 amide bonds. The van der Waals surface area contributed by atoms with Gasteiger partial charge >= 0.3 is 0 Å². The Balaban J connectivity index is 1.73. The predicted molar refractivity (Wildman–Crippen MR) is 90.5 cm³/mol. The molecule has 0 saturated carbocycles. The van der Waals surface area contributed by atoms with Crippen molar-refractivity contribution in [1.82, 2.24) is 9.71 Å². The fourth-order valence-electron chi connectivity index (χ4n) is 2.57. The van der Waals surface area contributed by atoms with Gasteiger partial charge in [0.2, 0.25) is 10.0 Å². The molecular formula is C17H24N2O2S. The van der Waals surface area contributed by atoms with E-state index >= 15 is 0 Å². The van der Waals surface area contributed by atoms with Gasteiger partial charge in [0.1, 0.15) is 0 Å². The van der Waals surface area contributed by atoms with Crippen molar-refractivity contribution >= 4 is 10.0 Å². The lowest BCUT2D eigenvalue weighted by Gasteiger charge is -2.07. The lowest BCUT2D eigenvalue weighted by Crippen LogP contribution is -2.28. The number of hydrogen-bond donors (Lipinski definition) is 2. The molecule has 0 unspecified atom stereocenters. The summed E-state index contributed by atoms with van der Waals surface area (Å²) < 4.78 is 26.7. The van der Waals surface area contributed by atoms with Crippen molar-refractivity contribution in [1.29, 1.82) is 0 Å². The zero-order valence-electron chi connectivity index (χ0n) is 13.2. The van der Waals surface area contributed by atoms with Crippen LogP contribution in [-0.4, -0.2) is 25.7 Å². The first-order chi connectivity index (χ1) is 10.5. The van der Waals surface area contributed by atoms with Crippen LogP contribution in [0.25, 0.3) is 0 Å². The van der Waals surface area contributed by atoms with Gasteiger partial charge in [0.05, 0.1) is 5.75 Å². The van der Waals surface area contributed by atoms with Crippen LogP contribution in [0.3, 0.4) is 0 Å². The highest BCUT2D eigenvalue weighted by Gasteiger charge is 2.10. The van der Waals surface area contributed by atoms with E-state index < -0.39 is 10.0 Å². The van der Waals surface area contributed by atoms with Crippen molar-refractivity contribution in [2.45, 2.75) is 33.1 Å². The first kappa shape index (κ1) is 16.8. The molecule has 0 spiro atoms. The van der Waals surface area contributed by atoms with E-state index in [-0.39, 0.29) is 5.75 Å². The highest BCUT2D eigenvalue weighted by Crippen LogP contribution is 2.09. The summed E-state index contributed by atoms with van der Waals surface area (Å²) in [4.78, 5) is 3.23. The Labute approximate surface area is 133 Å². The number of H-pyrrole nitrogens is 1. The average molecular weight is 320 g/mol. The van der Waals surface area contributed by atoms with E-state index in [1.54, 1.807) is 0 Å². The number of nitrogens with one attached hydrogen (secondary N) is 2. The zero-order chi connectivity index (χ0) is 16.0. The molecule has 0 bridgehead atoms. The molecule has 0 saturated heterocycles. The van der Waals surface area contributed by atoms with Crippen LogP contribution >= 0.6 is 0 Å². The molecule has 2 aromatic rings. The molecule has 1 aromatic carbocycles. The minimum Gasteiger partial charge on any atom is -0.362 e. The van der Waals surface area contributed by atoms with Crippen molar-refractivity contribution < 1.29 is 8.42 Å². The molecule has 0 atom stereocenters. The normalized spacial score (nSPS) is 11.7. The summed E-state index contributed by atoms with van der Waals surface area (Å²) in [6, 6.07) is 12.0. The zero-order valence-corrected chi connectivity index (χ0v) is 14.0. The van der Waals surface area contributed by atoms with Crippen molar-refractivity contribution in [3.8, 4) is 0 Å². The molecule has 1 aromatic heterocycles. The maximum absolute atomic E-state index is 12.0. The fourth-order valence-corrected chi connectivity index (χ4v) is 3.65. The third-order valence-electron chi connectivity index (χ3n) is 3.69. The summed E-state index contributed by atoms with van der Waals surface area (Å²) in [6.07, 6.45) is 2.15. The van der Waals surface area contributed by atoms with E-state index in [0.717, 1.165) is 17.8 Å². The van der Waals surface area contributed by atoms with Crippen LogP contribution in [-0.2, 0) is 22.9 Å². The number of benzene rings is 1. The van der Waals surface area contributed by atoms with Crippen LogP contribution in [0.4, 0.5) is 0 Å². The lowest BCUT2D eigenvalue weighted by molar-refractivity contribution is 0.579. The third-order valence-corrected chi connectivity index (χ3v) is 5.16. The minimum atomic E-state index is -3.19. The van der Waals surface area contributed by atoms with E-state index in [0.29, 0.717) is 19.4 Å². The Kier molecular flexibility index (Phi) is 5.80. The molecule has 2 rings (SSSR count). The Bertz CT molecular complexity index is 691. The first-order valence-electron chi connectivity index (χ1n) is 7.62. The van der Waals surface area contributed by atoms with Crippen LogP contribution in [0.5, 0.6) is 0 Å². The molecule has 0 fully saturated rings. The van der Waals surface area contributed by atoms with Gasteiger partial charge in [-0.05, 0) is 50.3 Å². The summed E-state index contributed by atoms with van der Waals surface area (Å²) in [5.41, 5.74) is 4.57. The van der Waals surface area contributed by atoms with Gasteiger partial charge in [-0.3, -0.25) is 0 Å². The quantitative estimate of drug-likeness (QED) is 0.785. The number of aromatic amines is 1. The van der Waals surface area contributed by atoms with E-state index in [1.807, 2.05) is 44.2 Å². The van der Waals surface area contributed by atoms with Gasteiger partial charge in [-0.2, -0.15) is 0 Å². The standard InChI is InChI=1S/C17H24N2O2S/c1-14-13-17(15(2)19-14)10-11-18-22(20,21)12-6-9-16-7-4-3-5-8-16/h3-5,7-8,13,18-19H,6,9-12H2,1-2H3. The maximum Gasteiger partial charge on any atom is 0.211 e. The van der Waals surface area contributed by atoms with Crippen LogP contribution in [0.2, 0.25) is 0 Å². The highest BCUT2D eigenvalue weighted by molar-refractivity contribution is 7.89. The Morgan fingerprint density at radius 2 is 1.82 bits per heavy atom. The summed E-state index contributed by atoms with van der Waals surface area (Å²) in [6.45, 7) is 4.47. The SMILES string of the molecule is Cc1cc(CCNS(=O)(=O)CCCc2ccccc2)c(C)[nH]1. The molecule has 5 heteroatoms. The van der Waals surface area contributed by atoms with Crippen molar-refractivity contribution in [3.63, 3.8) is 0 Å². The predicted octanol–water partition coefficient (Wildman–Crippen LogP) is 2.73. The topological polar surface area (TPSA) is 62.0 Å². The third kappa shape index (κ3) is 5.31. The van der Waals surface area contributed by atoms with Gasteiger partial charge in [0.15, 0.2) is 0 Å². The highest BCUT2D eigenvalue weighted by atomic mass is 32.2. The molecule has 4 nitrogen and oxygen atoms in total. The smallest absolute Gasteiger partial charge is 0.211 e. The second kappa shape index (κ2) is 7.61. The maximum atomic E-state index is 12.0. The number of sulfonamides is 1. The lowest BCUT2D eigenvalue weighted by atomic mass is 10.1. The Morgan fingerprint density at radius 1 is 1.09 bits per heavy atom. The molecule has 0 aliphatic carbocycles. The van der Waals surface area contributed by atoms with Crippen LogP contribution in [0, 0.1) is 13.8 Å². The summed E-state index contributed by atoms with van der Waals surface area (Å²) in [5, 5.41) is 0. The number of hydrogen-bond acceptors (Lipinski definition) is 2. The second-order valence-corrected chi connectivity index (χ2v) is 7.58. The molecule has 2 N–H and O–H groups in total. The summed E-state index contributed by atoms with van der Waals surface area (Å²) >= 11 is 0. The number of aromatic nitrogens is 1. The van der Waals surface area contributed by atoms with Gasteiger partial charge in [-0.15, -0.1) is 0 Å². The fraction of sp³-hybridized carbons (Fsp3) is 0.412. The largest absolute Gasteiger partial charge is 0.362 e. The van der Waals surface area contributed by atoms with Crippen molar-refractivity contribution in [2.75, 3.05) is 12.3 Å². The minimum absolute atomic E-state index is 0.174. The Morgan fingerprint density at radius 3 is 2.45 bits per heavy atom. The first-order valence-corrected chi connectivity index (χ1v) is 9.28. The molecule has 22 heavy (non-hydrogen) atoms. The van der Waals surface area contributed by atoms with Crippen LogP contribution in [0.15, 0.2) is 36.4 Å². The van der Waals surface area contributed by atoms with Crippen molar-refractivity contribution in [2.24, 2.45) is 0 Å². The van der Waals surface area contributed by atoms with Crippen LogP contribution < -0.4 is 4.72 Å². The summed E-state index contributed by atoms with van der Waals surface area (Å²) in [5.74, 6) is 0.174. The molecule has 0 aliphatic rings. The Hall–Kier alpha value is -1.59. The van der Waals surface area contributed by atoms with Gasteiger partial charge in [0, 0.05) is 17.9 Å². The van der Waals surface area contributed by atoms with E-state index in [9.17, 15) is 8.42 Å². The van der Waals surface area contributed by atoms with Gasteiger partial charge in [-0.25, -0.2) is 13.1 Å². The molecule has 1 heterocycles. The van der Waals surface area contributed by atoms with E-state index in [1.165, 1.54) is 11.1 Å². The monoisotopic (exact) mass is 320 g/mol. The number of aryl methyl sites for hydroxylation is 3. The van der Waals surface area contributed by atoms with Gasteiger partial charge in [0.25, 0.3) is 0 Å². The van der Waals surface area contributed by atoms with E-state index in [2.05, 4.69) is 15.8 Å². The molecule has 120 valence electrons. The molecule has 0 aliphatic heterocycles. The van der Waals surface area contributed by atoms with Gasteiger partial charge < -0.3 is 4.98 Å². The average Bonchev–Trinajstić information content (AvgIpc) is 2.78.